The Hall–Kier alpha value is -2.33. The molecule has 0 radical (unpaired) electrons. The molecule has 1 saturated carbocycles. The number of hydrogen-bond donors (Lipinski definition) is 2. The second kappa shape index (κ2) is 6.76. The minimum atomic E-state index is -0.995. The molecule has 0 saturated heterocycles. The SMILES string of the molecule is CC(C)(C)c1ccc(NC(=O)C2(C(=O)Nc3cccc(Cl)c3)CC2)cc1. The first-order valence-electron chi connectivity index (χ1n) is 8.70. The number of amides is 2. The highest BCUT2D eigenvalue weighted by Crippen LogP contribution is 2.47. The van der Waals surface area contributed by atoms with Crippen molar-refractivity contribution in [3.05, 3.63) is 59.1 Å². The Kier molecular flexibility index (Phi) is 4.80. The molecule has 5 heteroatoms. The minimum absolute atomic E-state index is 0.0527. The normalized spacial score (nSPS) is 15.2. The van der Waals surface area contributed by atoms with E-state index in [9.17, 15) is 9.59 Å². The van der Waals surface area contributed by atoms with Crippen LogP contribution in [0.25, 0.3) is 0 Å². The lowest BCUT2D eigenvalue weighted by Crippen LogP contribution is -2.35. The van der Waals surface area contributed by atoms with Gasteiger partial charge in [-0.1, -0.05) is 50.6 Å². The van der Waals surface area contributed by atoms with Crippen LogP contribution >= 0.6 is 11.6 Å². The van der Waals surface area contributed by atoms with Gasteiger partial charge in [0, 0.05) is 16.4 Å². The zero-order chi connectivity index (χ0) is 18.9. The lowest BCUT2D eigenvalue weighted by Gasteiger charge is -2.20. The fourth-order valence-corrected chi connectivity index (χ4v) is 2.99. The van der Waals surface area contributed by atoms with Crippen LogP contribution in [0.4, 0.5) is 11.4 Å². The van der Waals surface area contributed by atoms with Crippen LogP contribution in [0.3, 0.4) is 0 Å². The van der Waals surface area contributed by atoms with Crippen LogP contribution in [0.1, 0.15) is 39.2 Å². The van der Waals surface area contributed by atoms with Crippen LogP contribution in [0, 0.1) is 5.41 Å². The van der Waals surface area contributed by atoms with Crippen molar-refractivity contribution >= 4 is 34.8 Å². The highest BCUT2D eigenvalue weighted by molar-refractivity contribution is 6.31. The maximum Gasteiger partial charge on any atom is 0.240 e. The molecule has 3 rings (SSSR count). The number of carbonyl (C=O) groups excluding carboxylic acids is 2. The largest absolute Gasteiger partial charge is 0.325 e. The van der Waals surface area contributed by atoms with Gasteiger partial charge in [0.25, 0.3) is 0 Å². The Labute approximate surface area is 158 Å². The van der Waals surface area contributed by atoms with E-state index in [1.807, 2.05) is 24.3 Å². The first-order valence-corrected chi connectivity index (χ1v) is 9.08. The zero-order valence-corrected chi connectivity index (χ0v) is 16.0. The molecule has 0 bridgehead atoms. The van der Waals surface area contributed by atoms with E-state index in [0.717, 1.165) is 0 Å². The Morgan fingerprint density at radius 3 is 2.00 bits per heavy atom. The molecule has 2 N–H and O–H groups in total. The predicted octanol–water partition coefficient (Wildman–Crippen LogP) is 4.99. The quantitative estimate of drug-likeness (QED) is 0.744. The second-order valence-electron chi connectivity index (χ2n) is 7.83. The molecule has 0 spiro atoms. The maximum absolute atomic E-state index is 12.7. The predicted molar refractivity (Wildman–Crippen MR) is 106 cm³/mol. The molecule has 0 atom stereocenters. The number of hydrogen-bond acceptors (Lipinski definition) is 2. The van der Waals surface area contributed by atoms with Crippen molar-refractivity contribution in [3.63, 3.8) is 0 Å². The van der Waals surface area contributed by atoms with Crippen LogP contribution in [-0.4, -0.2) is 11.8 Å². The lowest BCUT2D eigenvalue weighted by molar-refractivity contribution is -0.131. The summed E-state index contributed by atoms with van der Waals surface area (Å²) < 4.78 is 0. The van der Waals surface area contributed by atoms with Crippen LogP contribution < -0.4 is 10.6 Å². The van der Waals surface area contributed by atoms with E-state index < -0.39 is 5.41 Å². The first-order chi connectivity index (χ1) is 12.2. The summed E-state index contributed by atoms with van der Waals surface area (Å²) in [5, 5.41) is 6.21. The van der Waals surface area contributed by atoms with Gasteiger partial charge in [0.05, 0.1) is 0 Å². The highest BCUT2D eigenvalue weighted by atomic mass is 35.5. The molecule has 26 heavy (non-hydrogen) atoms. The maximum atomic E-state index is 12.7. The van der Waals surface area contributed by atoms with Gasteiger partial charge in [0.15, 0.2) is 0 Å². The van der Waals surface area contributed by atoms with Gasteiger partial charge in [-0.2, -0.15) is 0 Å². The summed E-state index contributed by atoms with van der Waals surface area (Å²) in [6.07, 6.45) is 1.09. The monoisotopic (exact) mass is 370 g/mol. The van der Waals surface area contributed by atoms with Gasteiger partial charge in [-0.3, -0.25) is 9.59 Å². The smallest absolute Gasteiger partial charge is 0.240 e. The number of anilines is 2. The van der Waals surface area contributed by atoms with Gasteiger partial charge in [0.1, 0.15) is 5.41 Å². The summed E-state index contributed by atoms with van der Waals surface area (Å²) in [5.41, 5.74) is 1.54. The average molecular weight is 371 g/mol. The third-order valence-corrected chi connectivity index (χ3v) is 4.95. The van der Waals surface area contributed by atoms with E-state index in [0.29, 0.717) is 29.2 Å². The molecule has 1 aliphatic carbocycles. The van der Waals surface area contributed by atoms with Gasteiger partial charge in [-0.15, -0.1) is 0 Å². The van der Waals surface area contributed by atoms with Crippen molar-refractivity contribution in [1.29, 1.82) is 0 Å². The van der Waals surface area contributed by atoms with Crippen molar-refractivity contribution in [1.82, 2.24) is 0 Å². The Balaban J connectivity index is 1.68. The summed E-state index contributed by atoms with van der Waals surface area (Å²) in [7, 11) is 0. The summed E-state index contributed by atoms with van der Waals surface area (Å²) in [4.78, 5) is 25.3. The number of benzene rings is 2. The Bertz CT molecular complexity index is 834. The van der Waals surface area contributed by atoms with Crippen LogP contribution in [-0.2, 0) is 15.0 Å². The van der Waals surface area contributed by atoms with Gasteiger partial charge >= 0.3 is 0 Å². The average Bonchev–Trinajstić information content (AvgIpc) is 3.36. The van der Waals surface area contributed by atoms with Gasteiger partial charge in [0.2, 0.25) is 11.8 Å². The zero-order valence-electron chi connectivity index (χ0n) is 15.2. The molecule has 0 heterocycles. The van der Waals surface area contributed by atoms with Gasteiger partial charge < -0.3 is 10.6 Å². The third-order valence-electron chi connectivity index (χ3n) is 4.71. The number of carbonyl (C=O) groups is 2. The standard InChI is InChI=1S/C21H23ClN2O2/c1-20(2,3)14-7-9-16(10-8-14)23-18(25)21(11-12-21)19(26)24-17-6-4-5-15(22)13-17/h4-10,13H,11-12H2,1-3H3,(H,23,25)(H,24,26). The summed E-state index contributed by atoms with van der Waals surface area (Å²) in [6, 6.07) is 14.7. The van der Waals surface area contributed by atoms with E-state index in [4.69, 9.17) is 11.6 Å². The molecule has 2 aromatic carbocycles. The Morgan fingerprint density at radius 2 is 1.50 bits per heavy atom. The van der Waals surface area contributed by atoms with E-state index >= 15 is 0 Å². The first kappa shape index (κ1) is 18.5. The minimum Gasteiger partial charge on any atom is -0.325 e. The van der Waals surface area contributed by atoms with Crippen molar-refractivity contribution in [2.75, 3.05) is 10.6 Å². The summed E-state index contributed by atoms with van der Waals surface area (Å²) >= 11 is 5.94. The van der Waals surface area contributed by atoms with Crippen molar-refractivity contribution in [2.45, 2.75) is 39.0 Å². The van der Waals surface area contributed by atoms with Crippen molar-refractivity contribution in [2.24, 2.45) is 5.41 Å². The number of rotatable bonds is 4. The molecule has 0 aromatic heterocycles. The highest BCUT2D eigenvalue weighted by Gasteiger charge is 2.56. The molecule has 136 valence electrons. The molecule has 2 amide bonds. The molecule has 2 aromatic rings. The summed E-state index contributed by atoms with van der Waals surface area (Å²) in [5.74, 6) is -0.552. The van der Waals surface area contributed by atoms with Crippen molar-refractivity contribution in [3.8, 4) is 0 Å². The number of halogens is 1. The van der Waals surface area contributed by atoms with E-state index in [2.05, 4.69) is 31.4 Å². The topological polar surface area (TPSA) is 58.2 Å². The second-order valence-corrected chi connectivity index (χ2v) is 8.26. The molecule has 0 aliphatic heterocycles. The van der Waals surface area contributed by atoms with Crippen LogP contribution in [0.5, 0.6) is 0 Å². The lowest BCUT2D eigenvalue weighted by atomic mass is 9.87. The molecule has 1 fully saturated rings. The van der Waals surface area contributed by atoms with Crippen LogP contribution in [0.15, 0.2) is 48.5 Å². The van der Waals surface area contributed by atoms with E-state index in [1.165, 1.54) is 5.56 Å². The Morgan fingerprint density at radius 1 is 0.923 bits per heavy atom. The fraction of sp³-hybridized carbons (Fsp3) is 0.333. The molecular formula is C21H23ClN2O2. The summed E-state index contributed by atoms with van der Waals surface area (Å²) in [6.45, 7) is 6.42. The third kappa shape index (κ3) is 3.91. The van der Waals surface area contributed by atoms with Crippen LogP contribution in [0.2, 0.25) is 5.02 Å². The van der Waals surface area contributed by atoms with E-state index in [1.54, 1.807) is 24.3 Å². The molecule has 4 nitrogen and oxygen atoms in total. The van der Waals surface area contributed by atoms with Gasteiger partial charge in [-0.25, -0.2) is 0 Å². The molecular weight excluding hydrogens is 348 g/mol. The van der Waals surface area contributed by atoms with Gasteiger partial charge in [-0.05, 0) is 54.2 Å². The van der Waals surface area contributed by atoms with Crippen molar-refractivity contribution < 1.29 is 9.59 Å². The molecule has 0 unspecified atom stereocenters. The van der Waals surface area contributed by atoms with E-state index in [-0.39, 0.29) is 17.2 Å². The fourth-order valence-electron chi connectivity index (χ4n) is 2.80. The molecule has 1 aliphatic rings. The number of nitrogens with one attached hydrogen (secondary N) is 2.